The first-order valence-corrected chi connectivity index (χ1v) is 6.73. The molecular formula is C14H21ClN2. The molecule has 1 aromatic carbocycles. The van der Waals surface area contributed by atoms with E-state index in [0.29, 0.717) is 16.8 Å². The third kappa shape index (κ3) is 2.93. The second-order valence-electron chi connectivity index (χ2n) is 5.28. The van der Waals surface area contributed by atoms with Gasteiger partial charge in [-0.3, -0.25) is 4.90 Å². The number of rotatable bonds is 3. The first-order chi connectivity index (χ1) is 8.08. The summed E-state index contributed by atoms with van der Waals surface area (Å²) >= 11 is 6.05. The monoisotopic (exact) mass is 252 g/mol. The lowest BCUT2D eigenvalue weighted by Gasteiger charge is -2.27. The van der Waals surface area contributed by atoms with Crippen LogP contribution in [-0.2, 0) is 6.54 Å². The number of hydrogen-bond donors (Lipinski definition) is 1. The molecule has 1 heterocycles. The maximum atomic E-state index is 6.05. The van der Waals surface area contributed by atoms with Crippen LogP contribution in [0.25, 0.3) is 0 Å². The summed E-state index contributed by atoms with van der Waals surface area (Å²) in [5.74, 6) is 0.724. The lowest BCUT2D eigenvalue weighted by molar-refractivity contribution is 0.199. The van der Waals surface area contributed by atoms with Gasteiger partial charge in [-0.05, 0) is 43.0 Å². The minimum absolute atomic E-state index is 0.664. The Hall–Kier alpha value is -0.730. The number of anilines is 1. The van der Waals surface area contributed by atoms with E-state index < -0.39 is 0 Å². The van der Waals surface area contributed by atoms with E-state index in [2.05, 4.69) is 24.8 Å². The molecule has 0 aliphatic carbocycles. The molecule has 2 N–H and O–H groups in total. The number of benzene rings is 1. The highest BCUT2D eigenvalue weighted by Crippen LogP contribution is 2.27. The Balaban J connectivity index is 2.07. The molecule has 0 bridgehead atoms. The SMILES string of the molecule is CC(C)C1CCCN1Cc1ccc(N)c(Cl)c1. The van der Waals surface area contributed by atoms with Gasteiger partial charge in [0.25, 0.3) is 0 Å². The zero-order valence-electron chi connectivity index (χ0n) is 10.6. The van der Waals surface area contributed by atoms with Crippen LogP contribution in [0.1, 0.15) is 32.3 Å². The van der Waals surface area contributed by atoms with Crippen LogP contribution in [0.3, 0.4) is 0 Å². The molecule has 3 heteroatoms. The van der Waals surface area contributed by atoms with E-state index in [-0.39, 0.29) is 0 Å². The standard InChI is InChI=1S/C14H21ClN2/c1-10(2)14-4-3-7-17(14)9-11-5-6-13(16)12(15)8-11/h5-6,8,10,14H,3-4,7,9,16H2,1-2H3. The molecule has 0 radical (unpaired) electrons. The first kappa shape index (κ1) is 12.7. The molecule has 1 unspecified atom stereocenters. The number of nitrogen functional groups attached to an aromatic ring is 1. The minimum atomic E-state index is 0.664. The van der Waals surface area contributed by atoms with Crippen LogP contribution >= 0.6 is 11.6 Å². The number of hydrogen-bond acceptors (Lipinski definition) is 2. The summed E-state index contributed by atoms with van der Waals surface area (Å²) in [5.41, 5.74) is 7.65. The highest BCUT2D eigenvalue weighted by atomic mass is 35.5. The van der Waals surface area contributed by atoms with Crippen molar-refractivity contribution >= 4 is 17.3 Å². The molecule has 2 rings (SSSR count). The van der Waals surface area contributed by atoms with Crippen molar-refractivity contribution in [3.05, 3.63) is 28.8 Å². The molecular weight excluding hydrogens is 232 g/mol. The van der Waals surface area contributed by atoms with Crippen molar-refractivity contribution in [2.75, 3.05) is 12.3 Å². The fourth-order valence-electron chi connectivity index (χ4n) is 2.71. The van der Waals surface area contributed by atoms with Crippen LogP contribution in [-0.4, -0.2) is 17.5 Å². The van der Waals surface area contributed by atoms with Gasteiger partial charge in [0.1, 0.15) is 0 Å². The Kier molecular flexibility index (Phi) is 3.95. The highest BCUT2D eigenvalue weighted by molar-refractivity contribution is 6.33. The summed E-state index contributed by atoms with van der Waals surface area (Å²) < 4.78 is 0. The van der Waals surface area contributed by atoms with Crippen LogP contribution in [0.2, 0.25) is 5.02 Å². The van der Waals surface area contributed by atoms with Gasteiger partial charge in [0.2, 0.25) is 0 Å². The fourth-order valence-corrected chi connectivity index (χ4v) is 2.91. The third-order valence-electron chi connectivity index (χ3n) is 3.63. The van der Waals surface area contributed by atoms with Crippen molar-refractivity contribution in [3.63, 3.8) is 0 Å². The summed E-state index contributed by atoms with van der Waals surface area (Å²) in [5, 5.41) is 0.669. The Morgan fingerprint density at radius 3 is 2.88 bits per heavy atom. The van der Waals surface area contributed by atoms with E-state index in [0.717, 1.165) is 12.5 Å². The van der Waals surface area contributed by atoms with Crippen LogP contribution in [0.15, 0.2) is 18.2 Å². The maximum Gasteiger partial charge on any atom is 0.0638 e. The Morgan fingerprint density at radius 2 is 2.24 bits per heavy atom. The van der Waals surface area contributed by atoms with E-state index >= 15 is 0 Å². The second-order valence-corrected chi connectivity index (χ2v) is 5.69. The number of halogens is 1. The molecule has 1 atom stereocenters. The van der Waals surface area contributed by atoms with Gasteiger partial charge in [0.15, 0.2) is 0 Å². The van der Waals surface area contributed by atoms with Crippen LogP contribution in [0.4, 0.5) is 5.69 Å². The molecule has 1 fully saturated rings. The van der Waals surface area contributed by atoms with Gasteiger partial charge in [0, 0.05) is 12.6 Å². The molecule has 0 saturated carbocycles. The van der Waals surface area contributed by atoms with E-state index in [1.54, 1.807) is 0 Å². The molecule has 94 valence electrons. The fraction of sp³-hybridized carbons (Fsp3) is 0.571. The van der Waals surface area contributed by atoms with E-state index in [1.807, 2.05) is 12.1 Å². The average molecular weight is 253 g/mol. The van der Waals surface area contributed by atoms with Gasteiger partial charge >= 0.3 is 0 Å². The van der Waals surface area contributed by atoms with Crippen molar-refractivity contribution in [2.24, 2.45) is 5.92 Å². The van der Waals surface area contributed by atoms with Gasteiger partial charge in [0.05, 0.1) is 10.7 Å². The lowest BCUT2D eigenvalue weighted by atomic mass is 10.0. The smallest absolute Gasteiger partial charge is 0.0638 e. The second kappa shape index (κ2) is 5.28. The van der Waals surface area contributed by atoms with Crippen molar-refractivity contribution in [1.29, 1.82) is 0 Å². The van der Waals surface area contributed by atoms with Crippen molar-refractivity contribution in [2.45, 2.75) is 39.3 Å². The minimum Gasteiger partial charge on any atom is -0.398 e. The van der Waals surface area contributed by atoms with Crippen molar-refractivity contribution in [3.8, 4) is 0 Å². The van der Waals surface area contributed by atoms with Gasteiger partial charge in [-0.15, -0.1) is 0 Å². The normalized spacial score (nSPS) is 21.3. The van der Waals surface area contributed by atoms with Crippen LogP contribution < -0.4 is 5.73 Å². The largest absolute Gasteiger partial charge is 0.398 e. The van der Waals surface area contributed by atoms with Crippen molar-refractivity contribution < 1.29 is 0 Å². The molecule has 2 nitrogen and oxygen atoms in total. The molecule has 0 amide bonds. The molecule has 17 heavy (non-hydrogen) atoms. The predicted molar refractivity (Wildman–Crippen MR) is 74.1 cm³/mol. The number of nitrogens with two attached hydrogens (primary N) is 1. The molecule has 1 saturated heterocycles. The maximum absolute atomic E-state index is 6.05. The summed E-state index contributed by atoms with van der Waals surface area (Å²) in [4.78, 5) is 2.56. The summed E-state index contributed by atoms with van der Waals surface area (Å²) in [6.07, 6.45) is 2.63. The van der Waals surface area contributed by atoms with Crippen LogP contribution in [0.5, 0.6) is 0 Å². The van der Waals surface area contributed by atoms with Crippen molar-refractivity contribution in [1.82, 2.24) is 4.90 Å². The molecule has 1 aliphatic heterocycles. The third-order valence-corrected chi connectivity index (χ3v) is 3.96. The van der Waals surface area contributed by atoms with Gasteiger partial charge < -0.3 is 5.73 Å². The highest BCUT2D eigenvalue weighted by Gasteiger charge is 2.26. The molecule has 0 aromatic heterocycles. The van der Waals surface area contributed by atoms with E-state index in [4.69, 9.17) is 17.3 Å². The zero-order valence-corrected chi connectivity index (χ0v) is 11.4. The van der Waals surface area contributed by atoms with Gasteiger partial charge in [-0.2, -0.15) is 0 Å². The Bertz CT molecular complexity index is 390. The predicted octanol–water partition coefficient (Wildman–Crippen LogP) is 3.54. The summed E-state index contributed by atoms with van der Waals surface area (Å²) in [6.45, 7) is 6.80. The van der Waals surface area contributed by atoms with Gasteiger partial charge in [-0.25, -0.2) is 0 Å². The van der Waals surface area contributed by atoms with E-state index in [1.165, 1.54) is 24.9 Å². The van der Waals surface area contributed by atoms with Crippen LogP contribution in [0, 0.1) is 5.92 Å². The lowest BCUT2D eigenvalue weighted by Crippen LogP contribution is -2.32. The zero-order chi connectivity index (χ0) is 12.4. The number of nitrogens with zero attached hydrogens (tertiary/aromatic N) is 1. The summed E-state index contributed by atoms with van der Waals surface area (Å²) in [7, 11) is 0. The van der Waals surface area contributed by atoms with E-state index in [9.17, 15) is 0 Å². The topological polar surface area (TPSA) is 29.3 Å². The molecule has 1 aromatic rings. The quantitative estimate of drug-likeness (QED) is 0.834. The average Bonchev–Trinajstić information content (AvgIpc) is 2.72. The first-order valence-electron chi connectivity index (χ1n) is 6.36. The Labute approximate surface area is 109 Å². The summed E-state index contributed by atoms with van der Waals surface area (Å²) in [6, 6.07) is 6.69. The van der Waals surface area contributed by atoms with Gasteiger partial charge in [-0.1, -0.05) is 31.5 Å². The number of likely N-dealkylation sites (tertiary alicyclic amines) is 1. The molecule has 0 spiro atoms. The Morgan fingerprint density at radius 1 is 1.47 bits per heavy atom. The molecule has 1 aliphatic rings.